The third kappa shape index (κ3) is 7.14. The molecule has 0 radical (unpaired) electrons. The highest BCUT2D eigenvalue weighted by Gasteiger charge is 2.39. The summed E-state index contributed by atoms with van der Waals surface area (Å²) in [4.78, 5) is 32.2. The van der Waals surface area contributed by atoms with E-state index in [1.54, 1.807) is 44.7 Å². The Hall–Kier alpha value is -3.31. The zero-order valence-corrected chi connectivity index (χ0v) is 22.2. The fourth-order valence-electron chi connectivity index (χ4n) is 4.04. The number of benzene rings is 2. The third-order valence-electron chi connectivity index (χ3n) is 5.83. The van der Waals surface area contributed by atoms with Crippen molar-refractivity contribution in [3.63, 3.8) is 0 Å². The van der Waals surface area contributed by atoms with Crippen molar-refractivity contribution in [2.75, 3.05) is 6.54 Å². The van der Waals surface area contributed by atoms with E-state index in [2.05, 4.69) is 14.9 Å². The number of esters is 1. The predicted octanol–water partition coefficient (Wildman–Crippen LogP) is 3.14. The lowest BCUT2D eigenvalue weighted by Gasteiger charge is -2.28. The van der Waals surface area contributed by atoms with E-state index in [9.17, 15) is 18.0 Å². The van der Waals surface area contributed by atoms with Gasteiger partial charge in [-0.15, -0.1) is 0 Å². The van der Waals surface area contributed by atoms with Crippen LogP contribution in [0.2, 0.25) is 0 Å². The van der Waals surface area contributed by atoms with Crippen molar-refractivity contribution in [2.24, 2.45) is 0 Å². The van der Waals surface area contributed by atoms with Crippen molar-refractivity contribution < 1.29 is 27.3 Å². The Morgan fingerprint density at radius 1 is 1.16 bits per heavy atom. The average molecular weight is 529 g/mol. The topological polar surface area (TPSA) is 132 Å². The van der Waals surface area contributed by atoms with Crippen LogP contribution in [0.15, 0.2) is 51.9 Å². The number of sulfonamides is 1. The summed E-state index contributed by atoms with van der Waals surface area (Å²) in [6.07, 6.45) is 1.50. The zero-order chi connectivity index (χ0) is 26.8. The molecule has 0 aliphatic heterocycles. The molecule has 1 heterocycles. The zero-order valence-electron chi connectivity index (χ0n) is 21.4. The van der Waals surface area contributed by atoms with Crippen LogP contribution in [-0.2, 0) is 30.8 Å². The highest BCUT2D eigenvalue weighted by atomic mass is 32.2. The van der Waals surface area contributed by atoms with E-state index >= 15 is 0 Å². The lowest BCUT2D eigenvalue weighted by Crippen LogP contribution is -2.51. The number of carbonyl (C=O) groups excluding carboxylic acids is 2. The maximum absolute atomic E-state index is 13.7. The smallest absolute Gasteiger partial charge is 0.308 e. The van der Waals surface area contributed by atoms with Crippen LogP contribution in [0.1, 0.15) is 51.7 Å². The molecule has 1 aliphatic carbocycles. The molecule has 1 amide bonds. The SMILES string of the molecule is Cc1nc(CCN(C(=O)C(CC(=O)OC(C)(C)C)NS(=O)(=O)c2ccc3ccccc3c2)C2CC2)no1. The number of carbonyl (C=O) groups is 2. The van der Waals surface area contributed by atoms with Crippen molar-refractivity contribution in [1.82, 2.24) is 19.8 Å². The Balaban J connectivity index is 1.58. The van der Waals surface area contributed by atoms with E-state index in [1.807, 2.05) is 24.3 Å². The maximum Gasteiger partial charge on any atom is 0.308 e. The predicted molar refractivity (Wildman–Crippen MR) is 136 cm³/mol. The van der Waals surface area contributed by atoms with E-state index < -0.39 is 40.0 Å². The maximum atomic E-state index is 13.7. The first kappa shape index (κ1) is 26.7. The van der Waals surface area contributed by atoms with Crippen LogP contribution in [0.3, 0.4) is 0 Å². The fourth-order valence-corrected chi connectivity index (χ4v) is 5.27. The summed E-state index contributed by atoms with van der Waals surface area (Å²) >= 11 is 0. The van der Waals surface area contributed by atoms with Crippen molar-refractivity contribution in [2.45, 2.75) is 76.0 Å². The minimum Gasteiger partial charge on any atom is -0.460 e. The number of ether oxygens (including phenoxy) is 1. The second kappa shape index (κ2) is 10.6. The van der Waals surface area contributed by atoms with Gasteiger partial charge in [-0.1, -0.05) is 35.5 Å². The summed E-state index contributed by atoms with van der Waals surface area (Å²) in [6.45, 7) is 7.09. The quantitative estimate of drug-likeness (QED) is 0.397. The molecule has 1 N–H and O–H groups in total. The summed E-state index contributed by atoms with van der Waals surface area (Å²) < 4.78 is 39.7. The standard InChI is InChI=1S/C26H32N4O6S/c1-17-27-23(28-36-17)13-14-30(20-10-11-20)25(32)22(16-24(31)35-26(2,3)4)29-37(33,34)21-12-9-18-7-5-6-8-19(18)15-21/h5-9,12,15,20,22,29H,10-11,13-14,16H2,1-4H3. The summed E-state index contributed by atoms with van der Waals surface area (Å²) in [5.41, 5.74) is -0.783. The van der Waals surface area contributed by atoms with E-state index in [0.29, 0.717) is 18.1 Å². The Bertz CT molecular complexity index is 1390. The number of aryl methyl sites for hydroxylation is 1. The van der Waals surface area contributed by atoms with Crippen LogP contribution in [0, 0.1) is 6.92 Å². The summed E-state index contributed by atoms with van der Waals surface area (Å²) in [5, 5.41) is 5.51. The molecule has 2 aromatic carbocycles. The van der Waals surface area contributed by atoms with Crippen molar-refractivity contribution in [1.29, 1.82) is 0 Å². The molecule has 1 aromatic heterocycles. The molecule has 1 atom stereocenters. The normalized spacial score (nSPS) is 14.9. The van der Waals surface area contributed by atoms with Gasteiger partial charge in [0.15, 0.2) is 5.82 Å². The Kier molecular flexibility index (Phi) is 7.65. The first-order chi connectivity index (χ1) is 17.4. The molecule has 0 saturated heterocycles. The number of amides is 1. The van der Waals surface area contributed by atoms with Gasteiger partial charge in [-0.2, -0.15) is 9.71 Å². The van der Waals surface area contributed by atoms with Gasteiger partial charge in [0.1, 0.15) is 11.6 Å². The van der Waals surface area contributed by atoms with Crippen LogP contribution in [-0.4, -0.2) is 59.6 Å². The van der Waals surface area contributed by atoms with Crippen molar-refractivity contribution in [3.05, 3.63) is 54.2 Å². The third-order valence-corrected chi connectivity index (χ3v) is 7.30. The molecule has 0 spiro atoms. The molecule has 4 rings (SSSR count). The Labute approximate surface area is 216 Å². The molecule has 1 aliphatic rings. The Morgan fingerprint density at radius 2 is 1.86 bits per heavy atom. The number of nitrogens with zero attached hydrogens (tertiary/aromatic N) is 3. The number of hydrogen-bond acceptors (Lipinski definition) is 8. The molecule has 0 bridgehead atoms. The van der Waals surface area contributed by atoms with E-state index in [-0.39, 0.29) is 17.5 Å². The molecule has 198 valence electrons. The van der Waals surface area contributed by atoms with Crippen LogP contribution >= 0.6 is 0 Å². The van der Waals surface area contributed by atoms with Crippen LogP contribution < -0.4 is 4.72 Å². The van der Waals surface area contributed by atoms with Gasteiger partial charge >= 0.3 is 5.97 Å². The molecular formula is C26H32N4O6S. The number of aromatic nitrogens is 2. The van der Waals surface area contributed by atoms with Crippen molar-refractivity contribution in [3.8, 4) is 0 Å². The van der Waals surface area contributed by atoms with Gasteiger partial charge in [0.2, 0.25) is 21.8 Å². The van der Waals surface area contributed by atoms with Gasteiger partial charge in [-0.05, 0) is 56.5 Å². The first-order valence-electron chi connectivity index (χ1n) is 12.2. The van der Waals surface area contributed by atoms with Crippen LogP contribution in [0.5, 0.6) is 0 Å². The van der Waals surface area contributed by atoms with Gasteiger partial charge in [0.25, 0.3) is 0 Å². The summed E-state index contributed by atoms with van der Waals surface area (Å²) in [7, 11) is -4.13. The lowest BCUT2D eigenvalue weighted by molar-refractivity contribution is -0.157. The minimum absolute atomic E-state index is 0.00781. The number of rotatable bonds is 10. The molecule has 1 saturated carbocycles. The van der Waals surface area contributed by atoms with Gasteiger partial charge in [-0.3, -0.25) is 9.59 Å². The second-order valence-corrected chi connectivity index (χ2v) is 11.9. The van der Waals surface area contributed by atoms with E-state index in [0.717, 1.165) is 23.6 Å². The molecule has 10 nitrogen and oxygen atoms in total. The number of nitrogens with one attached hydrogen (secondary N) is 1. The molecule has 3 aromatic rings. The summed E-state index contributed by atoms with van der Waals surface area (Å²) in [5.74, 6) is -0.281. The van der Waals surface area contributed by atoms with Crippen LogP contribution in [0.4, 0.5) is 0 Å². The monoisotopic (exact) mass is 528 g/mol. The Morgan fingerprint density at radius 3 is 2.49 bits per heavy atom. The van der Waals surface area contributed by atoms with E-state index in [1.165, 1.54) is 6.07 Å². The lowest BCUT2D eigenvalue weighted by atomic mass is 10.1. The molecular weight excluding hydrogens is 496 g/mol. The minimum atomic E-state index is -4.13. The van der Waals surface area contributed by atoms with Crippen LogP contribution in [0.25, 0.3) is 10.8 Å². The average Bonchev–Trinajstić information content (AvgIpc) is 3.57. The van der Waals surface area contributed by atoms with Gasteiger partial charge in [0.05, 0.1) is 11.3 Å². The molecule has 1 fully saturated rings. The molecule has 37 heavy (non-hydrogen) atoms. The van der Waals surface area contributed by atoms with Gasteiger partial charge in [-0.25, -0.2) is 8.42 Å². The first-order valence-corrected chi connectivity index (χ1v) is 13.7. The molecule has 11 heteroatoms. The van der Waals surface area contributed by atoms with Crippen molar-refractivity contribution >= 4 is 32.7 Å². The highest BCUT2D eigenvalue weighted by molar-refractivity contribution is 7.89. The van der Waals surface area contributed by atoms with Gasteiger partial charge < -0.3 is 14.2 Å². The highest BCUT2D eigenvalue weighted by Crippen LogP contribution is 2.28. The number of fused-ring (bicyclic) bond motifs is 1. The summed E-state index contributed by atoms with van der Waals surface area (Å²) in [6, 6.07) is 10.7. The molecule has 1 unspecified atom stereocenters. The second-order valence-electron chi connectivity index (χ2n) is 10.2. The largest absolute Gasteiger partial charge is 0.460 e. The van der Waals surface area contributed by atoms with Gasteiger partial charge in [0, 0.05) is 25.9 Å². The van der Waals surface area contributed by atoms with E-state index in [4.69, 9.17) is 9.26 Å². The number of hydrogen-bond donors (Lipinski definition) is 1. The fraction of sp³-hybridized carbons (Fsp3) is 0.462.